The molecule has 6 nitrogen and oxygen atoms in total. The van der Waals surface area contributed by atoms with Crippen LogP contribution < -0.4 is 9.47 Å². The van der Waals surface area contributed by atoms with Crippen LogP contribution in [0.1, 0.15) is 17.5 Å². The molecule has 0 saturated carbocycles. The van der Waals surface area contributed by atoms with Crippen LogP contribution in [0.2, 0.25) is 0 Å². The zero-order chi connectivity index (χ0) is 22.5. The Morgan fingerprint density at radius 1 is 0.906 bits per heavy atom. The fourth-order valence-corrected chi connectivity index (χ4v) is 3.97. The van der Waals surface area contributed by atoms with Crippen molar-refractivity contribution in [1.29, 1.82) is 0 Å². The van der Waals surface area contributed by atoms with Crippen LogP contribution in [-0.4, -0.2) is 49.6 Å². The molecule has 0 fully saturated rings. The molecule has 0 aliphatic carbocycles. The first-order valence-corrected chi connectivity index (χ1v) is 10.5. The molecule has 1 amide bonds. The number of hydrazone groups is 1. The molecule has 0 aromatic heterocycles. The standard InChI is InChI=1S/C26H26N2O4/c1-31-24-10-5-3-8-20(24)22-14-18-16-26(30)28(12-7-13-29)27-17-19(18)15-23(22)21-9-4-6-11-25(21)32-2/h3-6,8-11,14-15,17,29H,7,12-13,16H2,1-2H3. The predicted molar refractivity (Wildman–Crippen MR) is 125 cm³/mol. The summed E-state index contributed by atoms with van der Waals surface area (Å²) in [6, 6.07) is 19.8. The number of aliphatic hydroxyl groups excluding tert-OH is 1. The Morgan fingerprint density at radius 3 is 2.09 bits per heavy atom. The maximum absolute atomic E-state index is 12.8. The van der Waals surface area contributed by atoms with E-state index in [1.807, 2.05) is 48.5 Å². The topological polar surface area (TPSA) is 71.4 Å². The van der Waals surface area contributed by atoms with Crippen LogP contribution in [0.15, 0.2) is 65.8 Å². The molecule has 1 N–H and O–H groups in total. The SMILES string of the molecule is COc1ccccc1-c1cc2c(cc1-c1ccccc1OC)CC(=O)N(CCCO)N=C2. The summed E-state index contributed by atoms with van der Waals surface area (Å²) in [7, 11) is 3.31. The summed E-state index contributed by atoms with van der Waals surface area (Å²) in [5, 5.41) is 15.0. The highest BCUT2D eigenvalue weighted by Gasteiger charge is 2.22. The van der Waals surface area contributed by atoms with Gasteiger partial charge >= 0.3 is 0 Å². The Kier molecular flexibility index (Phi) is 6.52. The number of fused-ring (bicyclic) bond motifs is 1. The van der Waals surface area contributed by atoms with Gasteiger partial charge in [0.05, 0.1) is 26.9 Å². The highest BCUT2D eigenvalue weighted by molar-refractivity contribution is 5.96. The van der Waals surface area contributed by atoms with Crippen LogP contribution in [0, 0.1) is 0 Å². The van der Waals surface area contributed by atoms with Gasteiger partial charge in [-0.25, -0.2) is 5.01 Å². The second-order valence-electron chi connectivity index (χ2n) is 7.51. The quantitative estimate of drug-likeness (QED) is 0.612. The van der Waals surface area contributed by atoms with Gasteiger partial charge in [-0.15, -0.1) is 0 Å². The van der Waals surface area contributed by atoms with Gasteiger partial charge in [0, 0.05) is 24.3 Å². The molecule has 6 heteroatoms. The summed E-state index contributed by atoms with van der Waals surface area (Å²) in [4.78, 5) is 12.8. The molecule has 32 heavy (non-hydrogen) atoms. The Bertz CT molecular complexity index is 1160. The largest absolute Gasteiger partial charge is 0.496 e. The minimum Gasteiger partial charge on any atom is -0.496 e. The number of amides is 1. The summed E-state index contributed by atoms with van der Waals surface area (Å²) in [5.74, 6) is 1.42. The van der Waals surface area contributed by atoms with Gasteiger partial charge in [-0.05, 0) is 52.9 Å². The number of ether oxygens (including phenoxy) is 2. The van der Waals surface area contributed by atoms with Crippen LogP contribution in [0.3, 0.4) is 0 Å². The molecule has 1 aliphatic rings. The number of benzene rings is 3. The molecule has 1 heterocycles. The molecule has 0 bridgehead atoms. The second-order valence-corrected chi connectivity index (χ2v) is 7.51. The third kappa shape index (κ3) is 4.22. The van der Waals surface area contributed by atoms with E-state index in [2.05, 4.69) is 17.2 Å². The Hall–Kier alpha value is -3.64. The lowest BCUT2D eigenvalue weighted by atomic mass is 9.88. The predicted octanol–water partition coefficient (Wildman–Crippen LogP) is 4.14. The van der Waals surface area contributed by atoms with Gasteiger partial charge in [-0.1, -0.05) is 36.4 Å². The van der Waals surface area contributed by atoms with Crippen LogP contribution in [0.25, 0.3) is 22.3 Å². The van der Waals surface area contributed by atoms with Gasteiger partial charge in [0.15, 0.2) is 0 Å². The fourth-order valence-electron chi connectivity index (χ4n) is 3.97. The summed E-state index contributed by atoms with van der Waals surface area (Å²) >= 11 is 0. The van der Waals surface area contributed by atoms with Gasteiger partial charge in [0.25, 0.3) is 0 Å². The van der Waals surface area contributed by atoms with Crippen molar-refractivity contribution in [3.8, 4) is 33.8 Å². The van der Waals surface area contributed by atoms with E-state index in [4.69, 9.17) is 14.6 Å². The van der Waals surface area contributed by atoms with E-state index in [9.17, 15) is 4.79 Å². The molecule has 0 radical (unpaired) electrons. The van der Waals surface area contributed by atoms with E-state index in [1.54, 1.807) is 20.4 Å². The van der Waals surface area contributed by atoms with Crippen molar-refractivity contribution in [1.82, 2.24) is 5.01 Å². The lowest BCUT2D eigenvalue weighted by Crippen LogP contribution is -2.27. The summed E-state index contributed by atoms with van der Waals surface area (Å²) in [6.07, 6.45) is 2.44. The van der Waals surface area contributed by atoms with Crippen molar-refractivity contribution in [2.24, 2.45) is 5.10 Å². The summed E-state index contributed by atoms with van der Waals surface area (Å²) in [5.41, 5.74) is 5.57. The number of carbonyl (C=O) groups excluding carboxylic acids is 1. The van der Waals surface area contributed by atoms with Crippen molar-refractivity contribution in [2.45, 2.75) is 12.8 Å². The molecule has 0 spiro atoms. The lowest BCUT2D eigenvalue weighted by Gasteiger charge is -2.18. The summed E-state index contributed by atoms with van der Waals surface area (Å²) < 4.78 is 11.3. The molecular weight excluding hydrogens is 404 g/mol. The number of para-hydroxylation sites is 2. The van der Waals surface area contributed by atoms with E-state index in [-0.39, 0.29) is 18.9 Å². The Morgan fingerprint density at radius 2 is 1.50 bits per heavy atom. The van der Waals surface area contributed by atoms with Gasteiger partial charge in [-0.2, -0.15) is 5.10 Å². The first kappa shape index (κ1) is 21.6. The van der Waals surface area contributed by atoms with Crippen molar-refractivity contribution < 1.29 is 19.4 Å². The second kappa shape index (κ2) is 9.66. The van der Waals surface area contributed by atoms with E-state index < -0.39 is 0 Å². The number of methoxy groups -OCH3 is 2. The van der Waals surface area contributed by atoms with Crippen LogP contribution in [0.4, 0.5) is 0 Å². The number of rotatable bonds is 7. The smallest absolute Gasteiger partial charge is 0.247 e. The molecular formula is C26H26N2O4. The van der Waals surface area contributed by atoms with E-state index >= 15 is 0 Å². The van der Waals surface area contributed by atoms with Crippen LogP contribution >= 0.6 is 0 Å². The third-order valence-electron chi connectivity index (χ3n) is 5.57. The molecule has 0 unspecified atom stereocenters. The minimum absolute atomic E-state index is 0.0160. The molecule has 0 atom stereocenters. The molecule has 1 aliphatic heterocycles. The molecule has 0 saturated heterocycles. The number of hydrogen-bond acceptors (Lipinski definition) is 5. The molecule has 164 valence electrons. The van der Waals surface area contributed by atoms with Crippen molar-refractivity contribution in [3.05, 3.63) is 71.8 Å². The number of carbonyl (C=O) groups is 1. The first-order chi connectivity index (χ1) is 15.7. The van der Waals surface area contributed by atoms with E-state index in [1.165, 1.54) is 5.01 Å². The lowest BCUT2D eigenvalue weighted by molar-refractivity contribution is -0.130. The first-order valence-electron chi connectivity index (χ1n) is 10.5. The monoisotopic (exact) mass is 430 g/mol. The normalized spacial score (nSPS) is 13.0. The zero-order valence-corrected chi connectivity index (χ0v) is 18.2. The highest BCUT2D eigenvalue weighted by Crippen LogP contribution is 2.42. The zero-order valence-electron chi connectivity index (χ0n) is 18.2. The van der Waals surface area contributed by atoms with Crippen LogP contribution in [-0.2, 0) is 11.2 Å². The van der Waals surface area contributed by atoms with Gasteiger partial charge in [0.2, 0.25) is 5.91 Å². The van der Waals surface area contributed by atoms with Gasteiger partial charge in [0.1, 0.15) is 11.5 Å². The average molecular weight is 431 g/mol. The molecule has 3 aromatic rings. The van der Waals surface area contributed by atoms with Crippen molar-refractivity contribution >= 4 is 12.1 Å². The van der Waals surface area contributed by atoms with Crippen molar-refractivity contribution in [3.63, 3.8) is 0 Å². The van der Waals surface area contributed by atoms with Gasteiger partial charge in [-0.3, -0.25) is 4.79 Å². The number of nitrogens with zero attached hydrogens (tertiary/aromatic N) is 2. The maximum atomic E-state index is 12.8. The summed E-state index contributed by atoms with van der Waals surface area (Å²) in [6.45, 7) is 0.403. The number of aliphatic hydroxyl groups is 1. The highest BCUT2D eigenvalue weighted by atomic mass is 16.5. The van der Waals surface area contributed by atoms with E-state index in [0.29, 0.717) is 13.0 Å². The van der Waals surface area contributed by atoms with Crippen LogP contribution in [0.5, 0.6) is 11.5 Å². The maximum Gasteiger partial charge on any atom is 0.247 e. The Labute approximate surface area is 187 Å². The molecule has 3 aromatic carbocycles. The Balaban J connectivity index is 1.92. The third-order valence-corrected chi connectivity index (χ3v) is 5.57. The number of hydrogen-bond donors (Lipinski definition) is 1. The van der Waals surface area contributed by atoms with Crippen molar-refractivity contribution in [2.75, 3.05) is 27.4 Å². The average Bonchev–Trinajstić information content (AvgIpc) is 2.99. The fraction of sp³-hybridized carbons (Fsp3) is 0.231. The molecule has 4 rings (SSSR count). The minimum atomic E-state index is -0.0931. The van der Waals surface area contributed by atoms with E-state index in [0.717, 1.165) is 44.9 Å². The van der Waals surface area contributed by atoms with Gasteiger partial charge < -0.3 is 14.6 Å².